The van der Waals surface area contributed by atoms with Crippen LogP contribution in [0.4, 0.5) is 4.39 Å². The van der Waals surface area contributed by atoms with Crippen molar-refractivity contribution in [3.8, 4) is 0 Å². The zero-order valence-corrected chi connectivity index (χ0v) is 10.1. The van der Waals surface area contributed by atoms with E-state index in [9.17, 15) is 9.50 Å². The minimum Gasteiger partial charge on any atom is -0.382 e. The molecule has 0 bridgehead atoms. The zero-order valence-electron chi connectivity index (χ0n) is 10.1. The van der Waals surface area contributed by atoms with Crippen molar-refractivity contribution >= 4 is 0 Å². The van der Waals surface area contributed by atoms with Gasteiger partial charge >= 0.3 is 0 Å². The van der Waals surface area contributed by atoms with Crippen LogP contribution in [0.15, 0.2) is 24.7 Å². The third-order valence-electron chi connectivity index (χ3n) is 2.89. The average molecular weight is 234 g/mol. The SMILES string of the molecule is Cc1cc(C)c(C(O)c2cncn2C)c(F)c1. The van der Waals surface area contributed by atoms with Crippen LogP contribution in [0.3, 0.4) is 0 Å². The fourth-order valence-electron chi connectivity index (χ4n) is 2.05. The molecular formula is C13H15FN2O. The molecule has 90 valence electrons. The molecule has 1 N–H and O–H groups in total. The smallest absolute Gasteiger partial charge is 0.129 e. The Morgan fingerprint density at radius 2 is 2.06 bits per heavy atom. The van der Waals surface area contributed by atoms with Gasteiger partial charge in [0.05, 0.1) is 18.2 Å². The molecule has 1 atom stereocenters. The highest BCUT2D eigenvalue weighted by molar-refractivity contribution is 5.36. The van der Waals surface area contributed by atoms with E-state index in [2.05, 4.69) is 4.98 Å². The summed E-state index contributed by atoms with van der Waals surface area (Å²) in [7, 11) is 1.77. The Morgan fingerprint density at radius 1 is 1.35 bits per heavy atom. The maximum atomic E-state index is 13.9. The van der Waals surface area contributed by atoms with Gasteiger partial charge in [-0.1, -0.05) is 6.07 Å². The van der Waals surface area contributed by atoms with Crippen molar-refractivity contribution in [3.63, 3.8) is 0 Å². The molecule has 2 rings (SSSR count). The molecule has 1 heterocycles. The molecule has 0 radical (unpaired) electrons. The molecule has 0 aliphatic rings. The Morgan fingerprint density at radius 3 is 2.59 bits per heavy atom. The minimum absolute atomic E-state index is 0.319. The monoisotopic (exact) mass is 234 g/mol. The molecule has 0 amide bonds. The number of hydrogen-bond acceptors (Lipinski definition) is 2. The second-order valence-electron chi connectivity index (χ2n) is 4.31. The summed E-state index contributed by atoms with van der Waals surface area (Å²) in [6, 6.07) is 3.29. The molecule has 0 spiro atoms. The number of nitrogens with zero attached hydrogens (tertiary/aromatic N) is 2. The number of halogens is 1. The van der Waals surface area contributed by atoms with Crippen LogP contribution in [0.2, 0.25) is 0 Å². The molecule has 0 saturated carbocycles. The van der Waals surface area contributed by atoms with Crippen molar-refractivity contribution in [1.82, 2.24) is 9.55 Å². The normalized spacial score (nSPS) is 12.8. The zero-order chi connectivity index (χ0) is 12.6. The molecule has 2 aromatic rings. The van der Waals surface area contributed by atoms with Crippen molar-refractivity contribution in [2.75, 3.05) is 0 Å². The maximum absolute atomic E-state index is 13.9. The lowest BCUT2D eigenvalue weighted by atomic mass is 9.98. The quantitative estimate of drug-likeness (QED) is 0.865. The number of aliphatic hydroxyl groups is 1. The minimum atomic E-state index is -0.983. The molecular weight excluding hydrogens is 219 g/mol. The molecule has 1 unspecified atom stereocenters. The molecule has 0 aliphatic carbocycles. The predicted octanol–water partition coefficient (Wildman–Crippen LogP) is 2.26. The Bertz CT molecular complexity index is 525. The molecule has 0 fully saturated rings. The second kappa shape index (κ2) is 4.30. The number of aromatic nitrogens is 2. The lowest BCUT2D eigenvalue weighted by Gasteiger charge is -2.15. The van der Waals surface area contributed by atoms with Crippen molar-refractivity contribution in [2.24, 2.45) is 7.05 Å². The summed E-state index contributed by atoms with van der Waals surface area (Å²) in [6.07, 6.45) is 2.15. The van der Waals surface area contributed by atoms with Crippen molar-refractivity contribution in [2.45, 2.75) is 20.0 Å². The first kappa shape index (κ1) is 11.8. The lowest BCUT2D eigenvalue weighted by Crippen LogP contribution is -2.09. The largest absolute Gasteiger partial charge is 0.382 e. The number of imidazole rings is 1. The number of aliphatic hydroxyl groups excluding tert-OH is 1. The van der Waals surface area contributed by atoms with E-state index in [-0.39, 0.29) is 5.82 Å². The lowest BCUT2D eigenvalue weighted by molar-refractivity contribution is 0.205. The summed E-state index contributed by atoms with van der Waals surface area (Å²) in [5.74, 6) is -0.379. The van der Waals surface area contributed by atoms with Gasteiger partial charge in [-0.05, 0) is 31.0 Å². The summed E-state index contributed by atoms with van der Waals surface area (Å²) in [4.78, 5) is 3.93. The Kier molecular flexibility index (Phi) is 2.98. The van der Waals surface area contributed by atoms with Crippen LogP contribution in [-0.2, 0) is 7.05 Å². The Hall–Kier alpha value is -1.68. The topological polar surface area (TPSA) is 38.1 Å². The van der Waals surface area contributed by atoms with Gasteiger partial charge in [-0.25, -0.2) is 9.37 Å². The van der Waals surface area contributed by atoms with Gasteiger partial charge in [0.25, 0.3) is 0 Å². The highest BCUT2D eigenvalue weighted by Crippen LogP contribution is 2.27. The molecule has 17 heavy (non-hydrogen) atoms. The third-order valence-corrected chi connectivity index (χ3v) is 2.89. The molecule has 1 aromatic carbocycles. The third kappa shape index (κ3) is 2.08. The van der Waals surface area contributed by atoms with E-state index < -0.39 is 6.10 Å². The van der Waals surface area contributed by atoms with Gasteiger partial charge in [0.1, 0.15) is 11.9 Å². The van der Waals surface area contributed by atoms with E-state index in [1.165, 1.54) is 6.07 Å². The van der Waals surface area contributed by atoms with Gasteiger partial charge in [0.2, 0.25) is 0 Å². The van der Waals surface area contributed by atoms with Crippen molar-refractivity contribution in [1.29, 1.82) is 0 Å². The Balaban J connectivity index is 2.51. The average Bonchev–Trinajstić information content (AvgIpc) is 2.62. The van der Waals surface area contributed by atoms with E-state index in [0.29, 0.717) is 11.3 Å². The number of aryl methyl sites for hydroxylation is 3. The molecule has 3 nitrogen and oxygen atoms in total. The number of rotatable bonds is 2. The molecule has 0 aliphatic heterocycles. The maximum Gasteiger partial charge on any atom is 0.129 e. The first-order chi connectivity index (χ1) is 8.00. The Labute approximate surface area is 99.5 Å². The first-order valence-electron chi connectivity index (χ1n) is 5.41. The number of benzene rings is 1. The highest BCUT2D eigenvalue weighted by atomic mass is 19.1. The fourth-order valence-corrected chi connectivity index (χ4v) is 2.05. The van der Waals surface area contributed by atoms with Crippen LogP contribution in [0.25, 0.3) is 0 Å². The van der Waals surface area contributed by atoms with Crippen LogP contribution in [0, 0.1) is 19.7 Å². The van der Waals surface area contributed by atoms with Crippen LogP contribution in [0.1, 0.15) is 28.5 Å². The number of hydrogen-bond donors (Lipinski definition) is 1. The summed E-state index contributed by atoms with van der Waals surface area (Å²) < 4.78 is 15.6. The van der Waals surface area contributed by atoms with E-state index >= 15 is 0 Å². The van der Waals surface area contributed by atoms with Gasteiger partial charge in [0, 0.05) is 12.6 Å². The van der Waals surface area contributed by atoms with Crippen LogP contribution < -0.4 is 0 Å². The van der Waals surface area contributed by atoms with E-state index in [0.717, 1.165) is 11.1 Å². The fraction of sp³-hybridized carbons (Fsp3) is 0.308. The first-order valence-corrected chi connectivity index (χ1v) is 5.41. The second-order valence-corrected chi connectivity index (χ2v) is 4.31. The van der Waals surface area contributed by atoms with Gasteiger partial charge in [-0.2, -0.15) is 0 Å². The molecule has 0 saturated heterocycles. The van der Waals surface area contributed by atoms with E-state index in [1.54, 1.807) is 31.1 Å². The van der Waals surface area contributed by atoms with Crippen molar-refractivity contribution in [3.05, 3.63) is 52.9 Å². The van der Waals surface area contributed by atoms with Crippen LogP contribution in [-0.4, -0.2) is 14.7 Å². The van der Waals surface area contributed by atoms with Crippen molar-refractivity contribution < 1.29 is 9.50 Å². The van der Waals surface area contributed by atoms with Gasteiger partial charge < -0.3 is 9.67 Å². The predicted molar refractivity (Wildman–Crippen MR) is 63.1 cm³/mol. The summed E-state index contributed by atoms with van der Waals surface area (Å²) in [5.41, 5.74) is 2.49. The standard InChI is InChI=1S/C13H15FN2O/c1-8-4-9(2)12(10(14)5-8)13(17)11-6-15-7-16(11)3/h4-7,13,17H,1-3H3. The summed E-state index contributed by atoms with van der Waals surface area (Å²) in [6.45, 7) is 3.63. The highest BCUT2D eigenvalue weighted by Gasteiger charge is 2.20. The molecule has 1 aromatic heterocycles. The van der Waals surface area contributed by atoms with Gasteiger partial charge in [-0.15, -0.1) is 0 Å². The summed E-state index contributed by atoms with van der Waals surface area (Å²) in [5, 5.41) is 10.2. The van der Waals surface area contributed by atoms with Gasteiger partial charge in [-0.3, -0.25) is 0 Å². The van der Waals surface area contributed by atoms with E-state index in [1.807, 2.05) is 13.0 Å². The van der Waals surface area contributed by atoms with Gasteiger partial charge in [0.15, 0.2) is 0 Å². The van der Waals surface area contributed by atoms with Crippen LogP contribution in [0.5, 0.6) is 0 Å². The molecule has 4 heteroatoms. The van der Waals surface area contributed by atoms with E-state index in [4.69, 9.17) is 0 Å². The summed E-state index contributed by atoms with van der Waals surface area (Å²) >= 11 is 0. The van der Waals surface area contributed by atoms with Crippen LogP contribution >= 0.6 is 0 Å².